The first-order valence-corrected chi connectivity index (χ1v) is 7.74. The Morgan fingerprint density at radius 3 is 2.10 bits per heavy atom. The second kappa shape index (κ2) is 9.47. The average molecular weight is 296 g/mol. The van der Waals surface area contributed by atoms with E-state index >= 15 is 0 Å². The summed E-state index contributed by atoms with van der Waals surface area (Å²) in [7, 11) is 0. The van der Waals surface area contributed by atoms with Crippen molar-refractivity contribution in [2.45, 2.75) is 51.7 Å². The van der Waals surface area contributed by atoms with Gasteiger partial charge in [-0.3, -0.25) is 0 Å². The van der Waals surface area contributed by atoms with Gasteiger partial charge in [-0.2, -0.15) is 0 Å². The molecule has 0 bridgehead atoms. The minimum absolute atomic E-state index is 0.182. The summed E-state index contributed by atoms with van der Waals surface area (Å²) >= 11 is 0. The largest absolute Gasteiger partial charge is 0.506 e. The number of phenolic OH excluding ortho intramolecular Hbond substituents is 1. The second-order valence-electron chi connectivity index (χ2n) is 5.25. The molecule has 2 unspecified atom stereocenters. The molecule has 0 aliphatic carbocycles. The van der Waals surface area contributed by atoms with Gasteiger partial charge in [0.2, 0.25) is 0 Å². The van der Waals surface area contributed by atoms with Crippen molar-refractivity contribution < 1.29 is 15.3 Å². The lowest BCUT2D eigenvalue weighted by molar-refractivity contribution is 0.164. The molecule has 1 rings (SSSR count). The van der Waals surface area contributed by atoms with Crippen LogP contribution in [0, 0.1) is 0 Å². The smallest absolute Gasteiger partial charge is 0.140 e. The molecule has 5 heteroatoms. The fourth-order valence-electron chi connectivity index (χ4n) is 2.02. The summed E-state index contributed by atoms with van der Waals surface area (Å²) < 4.78 is 0. The van der Waals surface area contributed by atoms with Gasteiger partial charge in [0, 0.05) is 13.1 Å². The van der Waals surface area contributed by atoms with E-state index in [1.165, 1.54) is 0 Å². The predicted molar refractivity (Wildman–Crippen MR) is 86.9 cm³/mol. The summed E-state index contributed by atoms with van der Waals surface area (Å²) in [5, 5.41) is 35.5. The van der Waals surface area contributed by atoms with E-state index in [-0.39, 0.29) is 18.0 Å². The van der Waals surface area contributed by atoms with Crippen LogP contribution in [0.3, 0.4) is 0 Å². The number of phenols is 1. The van der Waals surface area contributed by atoms with Gasteiger partial charge in [0.1, 0.15) is 11.4 Å². The van der Waals surface area contributed by atoms with Crippen molar-refractivity contribution in [2.24, 2.45) is 0 Å². The molecule has 5 N–H and O–H groups in total. The first-order valence-electron chi connectivity index (χ1n) is 7.74. The van der Waals surface area contributed by atoms with Gasteiger partial charge >= 0.3 is 0 Å². The summed E-state index contributed by atoms with van der Waals surface area (Å²) in [4.78, 5) is 0. The van der Waals surface area contributed by atoms with Crippen molar-refractivity contribution in [2.75, 3.05) is 23.7 Å². The molecule has 0 spiro atoms. The summed E-state index contributed by atoms with van der Waals surface area (Å²) in [6.45, 7) is 5.13. The van der Waals surface area contributed by atoms with Crippen molar-refractivity contribution >= 4 is 11.4 Å². The number of nitrogens with one attached hydrogen (secondary N) is 2. The van der Waals surface area contributed by atoms with Crippen LogP contribution >= 0.6 is 0 Å². The summed E-state index contributed by atoms with van der Waals surface area (Å²) in [6, 6.07) is 5.29. The van der Waals surface area contributed by atoms with E-state index in [0.717, 1.165) is 18.5 Å². The zero-order chi connectivity index (χ0) is 15.7. The van der Waals surface area contributed by atoms with Gasteiger partial charge in [-0.15, -0.1) is 0 Å². The standard InChI is InChI=1S/C16H28N2O3/c1-3-12(19)8-10-17-14-6-5-7-15(21)16(14)18-11-9-13(20)4-2/h5-7,12-13,17-21H,3-4,8-11H2,1-2H3. The monoisotopic (exact) mass is 296 g/mol. The predicted octanol–water partition coefficient (Wildman–Crippen LogP) is 2.54. The Balaban J connectivity index is 2.56. The maximum Gasteiger partial charge on any atom is 0.140 e. The molecule has 120 valence electrons. The Hall–Kier alpha value is -1.46. The highest BCUT2D eigenvalue weighted by atomic mass is 16.3. The minimum atomic E-state index is -0.320. The van der Waals surface area contributed by atoms with Crippen LogP contribution in [0.4, 0.5) is 11.4 Å². The van der Waals surface area contributed by atoms with E-state index in [2.05, 4.69) is 10.6 Å². The molecule has 2 atom stereocenters. The molecular weight excluding hydrogens is 268 g/mol. The molecule has 0 heterocycles. The SMILES string of the molecule is CCC(O)CCNc1cccc(O)c1NCCC(O)CC. The first kappa shape index (κ1) is 17.6. The molecule has 0 fully saturated rings. The first-order chi connectivity index (χ1) is 10.1. The number of aliphatic hydroxyl groups excluding tert-OH is 2. The van der Waals surface area contributed by atoms with Crippen molar-refractivity contribution in [3.05, 3.63) is 18.2 Å². The number of hydrogen-bond donors (Lipinski definition) is 5. The van der Waals surface area contributed by atoms with Gasteiger partial charge in [-0.25, -0.2) is 0 Å². The maximum atomic E-state index is 9.95. The van der Waals surface area contributed by atoms with Crippen LogP contribution in [-0.4, -0.2) is 40.6 Å². The molecule has 0 radical (unpaired) electrons. The van der Waals surface area contributed by atoms with E-state index in [4.69, 9.17) is 0 Å². The Kier molecular flexibility index (Phi) is 7.93. The Labute approximate surface area is 127 Å². The van der Waals surface area contributed by atoms with Crippen molar-refractivity contribution in [3.8, 4) is 5.75 Å². The van der Waals surface area contributed by atoms with E-state index in [9.17, 15) is 15.3 Å². The van der Waals surface area contributed by atoms with E-state index < -0.39 is 0 Å². The van der Waals surface area contributed by atoms with Gasteiger partial charge in [0.05, 0.1) is 17.9 Å². The number of aliphatic hydroxyl groups is 2. The number of benzene rings is 1. The summed E-state index contributed by atoms with van der Waals surface area (Å²) in [5.74, 6) is 0.182. The van der Waals surface area contributed by atoms with E-state index in [1.807, 2.05) is 19.9 Å². The van der Waals surface area contributed by atoms with Gasteiger partial charge in [0.15, 0.2) is 0 Å². The maximum absolute atomic E-state index is 9.95. The second-order valence-corrected chi connectivity index (χ2v) is 5.25. The normalized spacial score (nSPS) is 13.7. The molecule has 0 amide bonds. The minimum Gasteiger partial charge on any atom is -0.506 e. The Bertz CT molecular complexity index is 413. The number of anilines is 2. The van der Waals surface area contributed by atoms with Crippen LogP contribution in [0.25, 0.3) is 0 Å². The van der Waals surface area contributed by atoms with Crippen molar-refractivity contribution in [1.82, 2.24) is 0 Å². The number of hydrogen-bond acceptors (Lipinski definition) is 5. The highest BCUT2D eigenvalue weighted by Crippen LogP contribution is 2.31. The third-order valence-corrected chi connectivity index (χ3v) is 3.56. The van der Waals surface area contributed by atoms with Crippen LogP contribution in [0.1, 0.15) is 39.5 Å². The van der Waals surface area contributed by atoms with Crippen LogP contribution in [-0.2, 0) is 0 Å². The lowest BCUT2D eigenvalue weighted by atomic mass is 10.2. The lowest BCUT2D eigenvalue weighted by Gasteiger charge is -2.17. The molecule has 0 saturated heterocycles. The van der Waals surface area contributed by atoms with Gasteiger partial charge < -0.3 is 26.0 Å². The quantitative estimate of drug-likeness (QED) is 0.428. The van der Waals surface area contributed by atoms with Crippen molar-refractivity contribution in [1.29, 1.82) is 0 Å². The van der Waals surface area contributed by atoms with Gasteiger partial charge in [0.25, 0.3) is 0 Å². The zero-order valence-corrected chi connectivity index (χ0v) is 13.0. The molecule has 21 heavy (non-hydrogen) atoms. The van der Waals surface area contributed by atoms with Crippen LogP contribution < -0.4 is 10.6 Å². The number of aromatic hydroxyl groups is 1. The van der Waals surface area contributed by atoms with Gasteiger partial charge in [-0.1, -0.05) is 19.9 Å². The third kappa shape index (κ3) is 6.23. The summed E-state index contributed by atoms with van der Waals surface area (Å²) in [6.07, 6.45) is 2.15. The summed E-state index contributed by atoms with van der Waals surface area (Å²) in [5.41, 5.74) is 1.45. The highest BCUT2D eigenvalue weighted by molar-refractivity contribution is 5.75. The van der Waals surface area contributed by atoms with E-state index in [1.54, 1.807) is 12.1 Å². The van der Waals surface area contributed by atoms with Crippen molar-refractivity contribution in [3.63, 3.8) is 0 Å². The fourth-order valence-corrected chi connectivity index (χ4v) is 2.02. The highest BCUT2D eigenvalue weighted by Gasteiger charge is 2.09. The molecule has 0 saturated carbocycles. The van der Waals surface area contributed by atoms with Gasteiger partial charge in [-0.05, 0) is 37.8 Å². The molecular formula is C16H28N2O3. The molecule has 5 nitrogen and oxygen atoms in total. The number of para-hydroxylation sites is 1. The molecule has 1 aromatic carbocycles. The fraction of sp³-hybridized carbons (Fsp3) is 0.625. The average Bonchev–Trinajstić information content (AvgIpc) is 2.49. The molecule has 1 aromatic rings. The molecule has 0 aromatic heterocycles. The lowest BCUT2D eigenvalue weighted by Crippen LogP contribution is -2.15. The molecule has 0 aliphatic rings. The molecule has 0 aliphatic heterocycles. The third-order valence-electron chi connectivity index (χ3n) is 3.56. The van der Waals surface area contributed by atoms with Crippen LogP contribution in [0.5, 0.6) is 5.75 Å². The Morgan fingerprint density at radius 2 is 1.52 bits per heavy atom. The Morgan fingerprint density at radius 1 is 0.952 bits per heavy atom. The van der Waals surface area contributed by atoms with Crippen LogP contribution in [0.15, 0.2) is 18.2 Å². The topological polar surface area (TPSA) is 84.8 Å². The van der Waals surface area contributed by atoms with Crippen LogP contribution in [0.2, 0.25) is 0 Å². The number of rotatable bonds is 10. The van der Waals surface area contributed by atoms with E-state index in [0.29, 0.717) is 31.6 Å². The zero-order valence-electron chi connectivity index (χ0n) is 13.0.